The van der Waals surface area contributed by atoms with Crippen LogP contribution in [-0.2, 0) is 0 Å². The molecule has 0 bridgehead atoms. The predicted molar refractivity (Wildman–Crippen MR) is 87.1 cm³/mol. The van der Waals surface area contributed by atoms with Gasteiger partial charge in [-0.2, -0.15) is 0 Å². The Morgan fingerprint density at radius 2 is 1.13 bits per heavy atom. The summed E-state index contributed by atoms with van der Waals surface area (Å²) in [5.74, 6) is -0.318. The Hall–Kier alpha value is -3.20. The van der Waals surface area contributed by atoms with Crippen LogP contribution in [0.25, 0.3) is 11.1 Å². The lowest BCUT2D eigenvalue weighted by molar-refractivity contribution is 0.0990. The molecule has 1 aromatic heterocycles. The average Bonchev–Trinajstić information content (AvgIpc) is 3.10. The Morgan fingerprint density at radius 1 is 0.609 bits per heavy atom. The van der Waals surface area contributed by atoms with Gasteiger partial charge in [-0.1, -0.05) is 60.7 Å². The van der Waals surface area contributed by atoms with Crippen molar-refractivity contribution in [3.05, 3.63) is 95.4 Å². The maximum Gasteiger partial charge on any atom is 0.230 e. The van der Waals surface area contributed by atoms with E-state index in [-0.39, 0.29) is 17.3 Å². The summed E-state index contributed by atoms with van der Waals surface area (Å²) in [6, 6.07) is 20.1. The minimum absolute atomic E-state index is 0.119. The van der Waals surface area contributed by atoms with E-state index in [2.05, 4.69) is 0 Å². The summed E-state index contributed by atoms with van der Waals surface area (Å²) < 4.78 is 5.27. The molecule has 3 heteroatoms. The number of benzene rings is 2. The Balaban J connectivity index is 2.05. The lowest BCUT2D eigenvalue weighted by Gasteiger charge is -2.18. The lowest BCUT2D eigenvalue weighted by Crippen LogP contribution is -2.19. The first kappa shape index (κ1) is 13.5. The summed E-state index contributed by atoms with van der Waals surface area (Å²) in [6.07, 6.45) is 1.39. The molecule has 110 valence electrons. The van der Waals surface area contributed by atoms with E-state index in [9.17, 15) is 9.59 Å². The smallest absolute Gasteiger partial charge is 0.230 e. The van der Waals surface area contributed by atoms with Crippen molar-refractivity contribution in [3.63, 3.8) is 0 Å². The summed E-state index contributed by atoms with van der Waals surface area (Å²) in [6.45, 7) is 0. The third-order valence-electron chi connectivity index (χ3n) is 3.95. The van der Waals surface area contributed by atoms with Gasteiger partial charge in [0.1, 0.15) is 0 Å². The average molecular weight is 300 g/mol. The van der Waals surface area contributed by atoms with Gasteiger partial charge in [-0.15, -0.1) is 0 Å². The molecule has 0 fully saturated rings. The zero-order valence-electron chi connectivity index (χ0n) is 12.2. The third kappa shape index (κ3) is 2.06. The van der Waals surface area contributed by atoms with Gasteiger partial charge < -0.3 is 4.42 Å². The lowest BCUT2D eigenvalue weighted by atomic mass is 9.82. The minimum Gasteiger partial charge on any atom is -0.460 e. The molecular formula is C20H12O3. The Kier molecular flexibility index (Phi) is 3.05. The second-order valence-electron chi connectivity index (χ2n) is 5.30. The number of hydrogen-bond donors (Lipinski definition) is 0. The van der Waals surface area contributed by atoms with Crippen LogP contribution in [0.2, 0.25) is 0 Å². The van der Waals surface area contributed by atoms with Crippen molar-refractivity contribution in [1.29, 1.82) is 0 Å². The van der Waals surface area contributed by atoms with Crippen molar-refractivity contribution in [2.24, 2.45) is 0 Å². The van der Waals surface area contributed by atoms with Crippen LogP contribution in [0.5, 0.6) is 0 Å². The van der Waals surface area contributed by atoms with Crippen LogP contribution in [0.3, 0.4) is 0 Å². The molecule has 0 radical (unpaired) electrons. The minimum atomic E-state index is -0.255. The van der Waals surface area contributed by atoms with Crippen molar-refractivity contribution >= 4 is 22.7 Å². The van der Waals surface area contributed by atoms with Crippen LogP contribution in [0.15, 0.2) is 77.4 Å². The number of fused-ring (bicyclic) bond motifs is 1. The van der Waals surface area contributed by atoms with Gasteiger partial charge >= 0.3 is 0 Å². The first-order valence-electron chi connectivity index (χ1n) is 7.29. The van der Waals surface area contributed by atoms with Gasteiger partial charge in [-0.05, 0) is 17.2 Å². The summed E-state index contributed by atoms with van der Waals surface area (Å²) in [5.41, 5.74) is 2.59. The van der Waals surface area contributed by atoms with Gasteiger partial charge in [0.25, 0.3) is 0 Å². The van der Waals surface area contributed by atoms with Crippen LogP contribution in [0.1, 0.15) is 32.0 Å². The van der Waals surface area contributed by atoms with Crippen LogP contribution in [-0.4, -0.2) is 11.6 Å². The van der Waals surface area contributed by atoms with E-state index < -0.39 is 0 Å². The summed E-state index contributed by atoms with van der Waals surface area (Å²) in [5, 5.41) is 0. The van der Waals surface area contributed by atoms with Crippen LogP contribution < -0.4 is 0 Å². The SMILES string of the molecule is O=C1C(c2ccccc2)=C(c2ccccc2)C(=O)c2occc21. The zero-order valence-corrected chi connectivity index (χ0v) is 12.2. The highest BCUT2D eigenvalue weighted by Crippen LogP contribution is 2.37. The van der Waals surface area contributed by atoms with Crippen molar-refractivity contribution in [1.82, 2.24) is 0 Å². The van der Waals surface area contributed by atoms with Gasteiger partial charge in [0.15, 0.2) is 11.5 Å². The first-order valence-corrected chi connectivity index (χ1v) is 7.29. The fourth-order valence-electron chi connectivity index (χ4n) is 2.90. The van der Waals surface area contributed by atoms with Gasteiger partial charge in [-0.25, -0.2) is 0 Å². The van der Waals surface area contributed by atoms with Crippen molar-refractivity contribution in [3.8, 4) is 0 Å². The number of Topliss-reactive ketones (excluding diaryl/α,β-unsaturated/α-hetero) is 2. The Morgan fingerprint density at radius 3 is 1.70 bits per heavy atom. The van der Waals surface area contributed by atoms with Gasteiger partial charge in [0.05, 0.1) is 11.8 Å². The quantitative estimate of drug-likeness (QED) is 0.710. The number of rotatable bonds is 2. The van der Waals surface area contributed by atoms with Crippen molar-refractivity contribution in [2.75, 3.05) is 0 Å². The number of carbonyl (C=O) groups is 2. The molecule has 4 rings (SSSR count). The number of hydrogen-bond acceptors (Lipinski definition) is 3. The van der Waals surface area contributed by atoms with Gasteiger partial charge in [0.2, 0.25) is 5.78 Å². The van der Waals surface area contributed by atoms with E-state index in [1.54, 1.807) is 6.07 Å². The van der Waals surface area contributed by atoms with Crippen LogP contribution >= 0.6 is 0 Å². The van der Waals surface area contributed by atoms with E-state index >= 15 is 0 Å². The van der Waals surface area contributed by atoms with Crippen molar-refractivity contribution < 1.29 is 14.0 Å². The molecule has 1 heterocycles. The highest BCUT2D eigenvalue weighted by Gasteiger charge is 2.35. The fourth-order valence-corrected chi connectivity index (χ4v) is 2.90. The second-order valence-corrected chi connectivity index (χ2v) is 5.30. The van der Waals surface area contributed by atoms with E-state index in [1.807, 2.05) is 60.7 Å². The Bertz CT molecular complexity index is 855. The maximum atomic E-state index is 12.9. The highest BCUT2D eigenvalue weighted by molar-refractivity contribution is 6.51. The number of furan rings is 1. The molecule has 3 nitrogen and oxygen atoms in total. The standard InChI is InChI=1S/C20H12O3/c21-18-15-11-12-23-20(15)19(22)17(14-9-5-2-6-10-14)16(18)13-7-3-1-4-8-13/h1-12H. The summed E-state index contributed by atoms with van der Waals surface area (Å²) >= 11 is 0. The molecule has 0 spiro atoms. The molecule has 0 saturated carbocycles. The molecule has 0 N–H and O–H groups in total. The molecule has 3 aromatic rings. The van der Waals surface area contributed by atoms with E-state index in [0.717, 1.165) is 5.56 Å². The van der Waals surface area contributed by atoms with E-state index in [0.29, 0.717) is 22.3 Å². The molecule has 0 atom stereocenters. The van der Waals surface area contributed by atoms with E-state index in [4.69, 9.17) is 4.42 Å². The van der Waals surface area contributed by atoms with Gasteiger partial charge in [-0.3, -0.25) is 9.59 Å². The zero-order chi connectivity index (χ0) is 15.8. The molecular weight excluding hydrogens is 288 g/mol. The summed E-state index contributed by atoms with van der Waals surface area (Å²) in [4.78, 5) is 25.8. The Labute approximate surface area is 132 Å². The maximum absolute atomic E-state index is 12.9. The topological polar surface area (TPSA) is 47.3 Å². The molecule has 2 aromatic carbocycles. The monoisotopic (exact) mass is 300 g/mol. The van der Waals surface area contributed by atoms with Crippen molar-refractivity contribution in [2.45, 2.75) is 0 Å². The van der Waals surface area contributed by atoms with Crippen LogP contribution in [0, 0.1) is 0 Å². The number of ketones is 2. The van der Waals surface area contributed by atoms with Gasteiger partial charge in [0, 0.05) is 11.1 Å². The highest BCUT2D eigenvalue weighted by atomic mass is 16.3. The third-order valence-corrected chi connectivity index (χ3v) is 3.95. The molecule has 0 unspecified atom stereocenters. The molecule has 23 heavy (non-hydrogen) atoms. The summed E-state index contributed by atoms with van der Waals surface area (Å²) in [7, 11) is 0. The molecule has 0 aliphatic heterocycles. The van der Waals surface area contributed by atoms with E-state index in [1.165, 1.54) is 6.26 Å². The normalized spacial score (nSPS) is 14.1. The first-order chi connectivity index (χ1) is 11.3. The largest absolute Gasteiger partial charge is 0.460 e. The molecule has 0 saturated heterocycles. The number of allylic oxidation sites excluding steroid dienone is 2. The molecule has 1 aliphatic rings. The fraction of sp³-hybridized carbons (Fsp3) is 0. The molecule has 1 aliphatic carbocycles. The van der Waals surface area contributed by atoms with Crippen LogP contribution in [0.4, 0.5) is 0 Å². The predicted octanol–water partition coefficient (Wildman–Crippen LogP) is 4.27. The molecule has 0 amide bonds. The second kappa shape index (κ2) is 5.21. The number of carbonyl (C=O) groups excluding carboxylic acids is 2.